The first-order valence-electron chi connectivity index (χ1n) is 2.12. The van der Waals surface area contributed by atoms with Crippen LogP contribution in [-0.2, 0) is 4.79 Å². The molecule has 0 heterocycles. The normalized spacial score (nSPS) is 11.5. The molecule has 0 radical (unpaired) electrons. The van der Waals surface area contributed by atoms with Crippen LogP contribution in [0, 0.1) is 0 Å². The molecule has 1 unspecified atom stereocenters. The van der Waals surface area contributed by atoms with Gasteiger partial charge in [-0.05, 0) is 0 Å². The Bertz CT molecular complexity index is 94.6. The van der Waals surface area contributed by atoms with Crippen molar-refractivity contribution in [1.29, 1.82) is 0 Å². The van der Waals surface area contributed by atoms with Crippen LogP contribution in [0.25, 0.3) is 0 Å². The molecule has 0 aliphatic rings. The third-order valence-electron chi connectivity index (χ3n) is 0.661. The summed E-state index contributed by atoms with van der Waals surface area (Å²) in [5.41, 5.74) is 0. The Labute approximate surface area is 53.6 Å². The fraction of sp³-hybridized carbons (Fsp3) is 0.200. The third kappa shape index (κ3) is 2.47. The number of amides is 1. The average molecular weight is 129 g/mol. The SMILES string of the molecule is C=CC(C=S)NC=O. The molecule has 0 aromatic rings. The summed E-state index contributed by atoms with van der Waals surface area (Å²) >= 11 is 4.52. The standard InChI is InChI=1S/C5H7NOS/c1-2-5(3-8)6-4-7/h2-5H,1H2,(H,6,7). The molecule has 0 spiro atoms. The van der Waals surface area contributed by atoms with E-state index >= 15 is 0 Å². The number of carbonyl (C=O) groups excluding carboxylic acids is 1. The van der Waals surface area contributed by atoms with Crippen molar-refractivity contribution in [3.05, 3.63) is 12.7 Å². The Balaban J connectivity index is 3.50. The number of rotatable bonds is 4. The first kappa shape index (κ1) is 7.30. The number of hydrogen-bond donors (Lipinski definition) is 1. The van der Waals surface area contributed by atoms with E-state index in [-0.39, 0.29) is 6.04 Å². The minimum atomic E-state index is -0.164. The monoisotopic (exact) mass is 129 g/mol. The number of carbonyl (C=O) groups is 1. The second kappa shape index (κ2) is 4.46. The van der Waals surface area contributed by atoms with Crippen molar-refractivity contribution in [1.82, 2.24) is 5.32 Å². The molecule has 0 aromatic heterocycles. The van der Waals surface area contributed by atoms with E-state index < -0.39 is 0 Å². The van der Waals surface area contributed by atoms with Crippen LogP contribution in [0.2, 0.25) is 0 Å². The first-order chi connectivity index (χ1) is 3.85. The van der Waals surface area contributed by atoms with Gasteiger partial charge < -0.3 is 5.32 Å². The lowest BCUT2D eigenvalue weighted by molar-refractivity contribution is -0.109. The van der Waals surface area contributed by atoms with E-state index in [9.17, 15) is 4.79 Å². The fourth-order valence-electron chi connectivity index (χ4n) is 0.241. The lowest BCUT2D eigenvalue weighted by Crippen LogP contribution is -2.25. The van der Waals surface area contributed by atoms with Crippen molar-refractivity contribution < 1.29 is 4.79 Å². The van der Waals surface area contributed by atoms with E-state index in [0.29, 0.717) is 6.41 Å². The lowest BCUT2D eigenvalue weighted by atomic mass is 10.3. The van der Waals surface area contributed by atoms with Gasteiger partial charge in [-0.1, -0.05) is 18.3 Å². The Hall–Kier alpha value is -0.700. The topological polar surface area (TPSA) is 29.1 Å². The average Bonchev–Trinajstić information content (AvgIpc) is 1.83. The molecule has 0 aliphatic heterocycles. The van der Waals surface area contributed by atoms with E-state index in [0.717, 1.165) is 0 Å². The molecular formula is C5H7NOS. The second-order valence-corrected chi connectivity index (χ2v) is 1.45. The van der Waals surface area contributed by atoms with Gasteiger partial charge in [0.15, 0.2) is 0 Å². The van der Waals surface area contributed by atoms with Gasteiger partial charge in [-0.3, -0.25) is 4.79 Å². The number of nitrogens with one attached hydrogen (secondary N) is 1. The molecule has 1 atom stereocenters. The fourth-order valence-corrected chi connectivity index (χ4v) is 0.431. The summed E-state index contributed by atoms with van der Waals surface area (Å²) in [6.45, 7) is 3.43. The van der Waals surface area contributed by atoms with Gasteiger partial charge in [-0.2, -0.15) is 0 Å². The van der Waals surface area contributed by atoms with Crippen LogP contribution >= 0.6 is 12.2 Å². The smallest absolute Gasteiger partial charge is 0.207 e. The summed E-state index contributed by atoms with van der Waals surface area (Å²) in [4.78, 5) is 9.71. The van der Waals surface area contributed by atoms with E-state index in [1.165, 1.54) is 5.37 Å². The summed E-state index contributed by atoms with van der Waals surface area (Å²) in [5, 5.41) is 3.86. The van der Waals surface area contributed by atoms with Gasteiger partial charge in [-0.15, -0.1) is 6.58 Å². The Kier molecular flexibility index (Phi) is 4.07. The molecule has 0 saturated heterocycles. The van der Waals surface area contributed by atoms with Crippen LogP contribution < -0.4 is 5.32 Å². The van der Waals surface area contributed by atoms with Crippen molar-refractivity contribution in [2.75, 3.05) is 0 Å². The molecule has 44 valence electrons. The molecule has 0 saturated carbocycles. The highest BCUT2D eigenvalue weighted by Gasteiger charge is 1.91. The van der Waals surface area contributed by atoms with Crippen LogP contribution in [0.1, 0.15) is 0 Å². The van der Waals surface area contributed by atoms with Crippen LogP contribution in [0.15, 0.2) is 12.7 Å². The van der Waals surface area contributed by atoms with Crippen LogP contribution in [0.4, 0.5) is 0 Å². The summed E-state index contributed by atoms with van der Waals surface area (Å²) in [6, 6.07) is -0.164. The Morgan fingerprint density at radius 3 is 2.50 bits per heavy atom. The Morgan fingerprint density at radius 1 is 1.75 bits per heavy atom. The molecule has 0 aliphatic carbocycles. The second-order valence-electron chi connectivity index (χ2n) is 1.18. The highest BCUT2D eigenvalue weighted by Crippen LogP contribution is 1.75. The van der Waals surface area contributed by atoms with Crippen molar-refractivity contribution in [3.63, 3.8) is 0 Å². The third-order valence-corrected chi connectivity index (χ3v) is 0.954. The maximum absolute atomic E-state index is 9.71. The molecule has 0 rings (SSSR count). The van der Waals surface area contributed by atoms with Crippen LogP contribution in [0.3, 0.4) is 0 Å². The van der Waals surface area contributed by atoms with Crippen molar-refractivity contribution in [2.24, 2.45) is 0 Å². The highest BCUT2D eigenvalue weighted by atomic mass is 32.1. The molecule has 0 aromatic carbocycles. The van der Waals surface area contributed by atoms with Gasteiger partial charge in [-0.25, -0.2) is 0 Å². The number of thiocarbonyl (C=S) groups is 1. The van der Waals surface area contributed by atoms with Gasteiger partial charge in [0, 0.05) is 5.37 Å². The van der Waals surface area contributed by atoms with Crippen molar-refractivity contribution in [2.45, 2.75) is 6.04 Å². The van der Waals surface area contributed by atoms with Gasteiger partial charge in [0.05, 0.1) is 6.04 Å². The molecule has 2 nitrogen and oxygen atoms in total. The molecule has 0 bridgehead atoms. The van der Waals surface area contributed by atoms with Crippen molar-refractivity contribution in [3.8, 4) is 0 Å². The Morgan fingerprint density at radius 2 is 2.38 bits per heavy atom. The molecule has 3 heteroatoms. The zero-order valence-corrected chi connectivity index (χ0v) is 5.15. The number of hydrogen-bond acceptors (Lipinski definition) is 2. The predicted octanol–water partition coefficient (Wildman–Crippen LogP) is 0.287. The zero-order valence-electron chi connectivity index (χ0n) is 4.33. The molecule has 1 N–H and O–H groups in total. The van der Waals surface area contributed by atoms with Crippen LogP contribution in [0.5, 0.6) is 0 Å². The minimum Gasteiger partial charge on any atom is -0.348 e. The minimum absolute atomic E-state index is 0.164. The van der Waals surface area contributed by atoms with E-state index in [2.05, 4.69) is 24.1 Å². The maximum atomic E-state index is 9.71. The zero-order chi connectivity index (χ0) is 6.41. The molecule has 8 heavy (non-hydrogen) atoms. The van der Waals surface area contributed by atoms with Gasteiger partial charge in [0.25, 0.3) is 0 Å². The van der Waals surface area contributed by atoms with Gasteiger partial charge in [0.2, 0.25) is 6.41 Å². The van der Waals surface area contributed by atoms with Crippen LogP contribution in [-0.4, -0.2) is 17.8 Å². The largest absolute Gasteiger partial charge is 0.348 e. The predicted molar refractivity (Wildman–Crippen MR) is 36.8 cm³/mol. The summed E-state index contributed by atoms with van der Waals surface area (Å²) in [6.07, 6.45) is 2.15. The maximum Gasteiger partial charge on any atom is 0.207 e. The first-order valence-corrected chi connectivity index (χ1v) is 2.60. The molecule has 1 amide bonds. The summed E-state index contributed by atoms with van der Waals surface area (Å²) in [5.74, 6) is 0. The summed E-state index contributed by atoms with van der Waals surface area (Å²) < 4.78 is 0. The van der Waals surface area contributed by atoms with Gasteiger partial charge in [0.1, 0.15) is 0 Å². The van der Waals surface area contributed by atoms with E-state index in [4.69, 9.17) is 0 Å². The highest BCUT2D eigenvalue weighted by molar-refractivity contribution is 7.79. The van der Waals surface area contributed by atoms with Crippen molar-refractivity contribution >= 4 is 24.0 Å². The quantitative estimate of drug-likeness (QED) is 0.336. The van der Waals surface area contributed by atoms with E-state index in [1.54, 1.807) is 6.08 Å². The molecule has 0 fully saturated rings. The summed E-state index contributed by atoms with van der Waals surface area (Å²) in [7, 11) is 0. The lowest BCUT2D eigenvalue weighted by Gasteiger charge is -1.99. The molecular weight excluding hydrogens is 122 g/mol. The van der Waals surface area contributed by atoms with E-state index in [1.807, 2.05) is 0 Å². The van der Waals surface area contributed by atoms with Gasteiger partial charge >= 0.3 is 0 Å².